The summed E-state index contributed by atoms with van der Waals surface area (Å²) in [5.74, 6) is 1.46. The van der Waals surface area contributed by atoms with Gasteiger partial charge in [0.05, 0.1) is 19.9 Å². The van der Waals surface area contributed by atoms with Crippen LogP contribution in [0, 0.1) is 0 Å². The van der Waals surface area contributed by atoms with Crippen LogP contribution in [-0.4, -0.2) is 50.3 Å². The number of hydrogen-bond acceptors (Lipinski definition) is 5. The van der Waals surface area contributed by atoms with E-state index in [1.165, 1.54) is 6.26 Å². The fourth-order valence-electron chi connectivity index (χ4n) is 2.46. The van der Waals surface area contributed by atoms with Gasteiger partial charge in [0.15, 0.2) is 5.96 Å². The Morgan fingerprint density at radius 1 is 1.21 bits per heavy atom. The molecule has 0 bridgehead atoms. The van der Waals surface area contributed by atoms with Gasteiger partial charge in [0.1, 0.15) is 17.1 Å². The van der Waals surface area contributed by atoms with Crippen LogP contribution < -0.4 is 20.7 Å². The molecule has 2 rings (SSSR count). The van der Waals surface area contributed by atoms with E-state index < -0.39 is 5.60 Å². The number of hydrogen-bond donors (Lipinski definition) is 4. The lowest BCUT2D eigenvalue weighted by atomic mass is 10.0. The molecule has 2 aromatic rings. The highest BCUT2D eigenvalue weighted by Gasteiger charge is 2.26. The summed E-state index contributed by atoms with van der Waals surface area (Å²) in [5.41, 5.74) is -0.665. The lowest BCUT2D eigenvalue weighted by Gasteiger charge is -2.19. The van der Waals surface area contributed by atoms with E-state index in [9.17, 15) is 9.90 Å². The predicted molar refractivity (Wildman–Crippen MR) is 108 cm³/mol. The molecule has 8 heteroatoms. The molecule has 1 aromatic heterocycles. The number of nitrogens with zero attached hydrogens (tertiary/aromatic N) is 1. The zero-order valence-corrected chi connectivity index (χ0v) is 16.5. The number of aliphatic imine (C=N–C) groups is 1. The number of methoxy groups -OCH3 is 1. The molecule has 1 heterocycles. The van der Waals surface area contributed by atoms with Crippen molar-refractivity contribution in [1.82, 2.24) is 16.0 Å². The van der Waals surface area contributed by atoms with Gasteiger partial charge in [-0.15, -0.1) is 0 Å². The molecule has 0 saturated carbocycles. The van der Waals surface area contributed by atoms with E-state index in [1.807, 2.05) is 6.92 Å². The number of carbonyl (C=O) groups excluding carboxylic acids is 1. The van der Waals surface area contributed by atoms with Crippen LogP contribution >= 0.6 is 0 Å². The fourth-order valence-corrected chi connectivity index (χ4v) is 2.46. The first-order valence-corrected chi connectivity index (χ1v) is 9.17. The second-order valence-corrected chi connectivity index (χ2v) is 6.36. The number of guanidine groups is 1. The van der Waals surface area contributed by atoms with Gasteiger partial charge < -0.3 is 30.2 Å². The Hall–Kier alpha value is -3.00. The van der Waals surface area contributed by atoms with Crippen molar-refractivity contribution in [1.29, 1.82) is 0 Å². The highest BCUT2D eigenvalue weighted by Crippen LogP contribution is 2.21. The molecular weight excluding hydrogens is 360 g/mol. The Bertz CT molecular complexity index is 772. The smallest absolute Gasteiger partial charge is 0.251 e. The van der Waals surface area contributed by atoms with E-state index in [0.29, 0.717) is 42.7 Å². The van der Waals surface area contributed by atoms with E-state index in [0.717, 1.165) is 0 Å². The Labute approximate surface area is 165 Å². The van der Waals surface area contributed by atoms with Gasteiger partial charge in [0.25, 0.3) is 5.91 Å². The van der Waals surface area contributed by atoms with Crippen LogP contribution in [0.3, 0.4) is 0 Å². The minimum Gasteiger partial charge on any atom is -0.497 e. The van der Waals surface area contributed by atoms with Gasteiger partial charge in [-0.3, -0.25) is 4.79 Å². The number of rotatable bonds is 9. The van der Waals surface area contributed by atoms with Crippen LogP contribution in [0.5, 0.6) is 5.75 Å². The molecule has 1 unspecified atom stereocenters. The summed E-state index contributed by atoms with van der Waals surface area (Å²) in [6.45, 7) is 5.29. The van der Waals surface area contributed by atoms with Crippen molar-refractivity contribution in [3.8, 4) is 5.75 Å². The van der Waals surface area contributed by atoms with Gasteiger partial charge >= 0.3 is 0 Å². The first kappa shape index (κ1) is 21.3. The molecule has 28 heavy (non-hydrogen) atoms. The van der Waals surface area contributed by atoms with Crippen LogP contribution in [0.1, 0.15) is 30.0 Å². The van der Waals surface area contributed by atoms with Crippen molar-refractivity contribution < 1.29 is 19.1 Å². The summed E-state index contributed by atoms with van der Waals surface area (Å²) in [7, 11) is 1.56. The molecular formula is C20H28N4O4. The molecule has 152 valence electrons. The summed E-state index contributed by atoms with van der Waals surface area (Å²) in [5, 5.41) is 19.5. The molecule has 0 fully saturated rings. The van der Waals surface area contributed by atoms with Gasteiger partial charge in [-0.05, 0) is 44.2 Å². The lowest BCUT2D eigenvalue weighted by molar-refractivity contribution is 0.0437. The van der Waals surface area contributed by atoms with Crippen LogP contribution in [0.15, 0.2) is 52.1 Å². The van der Waals surface area contributed by atoms with Crippen LogP contribution in [-0.2, 0) is 5.60 Å². The number of furan rings is 1. The highest BCUT2D eigenvalue weighted by molar-refractivity contribution is 5.94. The number of benzene rings is 1. The van der Waals surface area contributed by atoms with Crippen LogP contribution in [0.4, 0.5) is 0 Å². The molecule has 1 aromatic carbocycles. The van der Waals surface area contributed by atoms with E-state index in [1.54, 1.807) is 50.4 Å². The standard InChI is InChI=1S/C20H28N4O4/c1-4-21-19(24-14-20(2,26)17-9-6-12-28-17)23-11-10-22-18(25)15-7-5-8-16(13-15)27-3/h5-9,12-13,26H,4,10-11,14H2,1-3H3,(H,22,25)(H2,21,23,24). The van der Waals surface area contributed by atoms with Gasteiger partial charge in [0, 0.05) is 25.2 Å². The van der Waals surface area contributed by atoms with Gasteiger partial charge in [-0.25, -0.2) is 4.99 Å². The summed E-state index contributed by atoms with van der Waals surface area (Å²) in [4.78, 5) is 16.6. The van der Waals surface area contributed by atoms with Crippen molar-refractivity contribution in [2.75, 3.05) is 33.3 Å². The maximum Gasteiger partial charge on any atom is 0.251 e. The van der Waals surface area contributed by atoms with Gasteiger partial charge in [-0.1, -0.05) is 6.07 Å². The third-order valence-corrected chi connectivity index (χ3v) is 3.98. The Morgan fingerprint density at radius 3 is 2.68 bits per heavy atom. The lowest BCUT2D eigenvalue weighted by Crippen LogP contribution is -2.42. The van der Waals surface area contributed by atoms with E-state index in [2.05, 4.69) is 20.9 Å². The summed E-state index contributed by atoms with van der Waals surface area (Å²) >= 11 is 0. The largest absolute Gasteiger partial charge is 0.497 e. The number of amides is 1. The van der Waals surface area contributed by atoms with Crippen molar-refractivity contribution in [3.63, 3.8) is 0 Å². The van der Waals surface area contributed by atoms with E-state index in [-0.39, 0.29) is 12.5 Å². The minimum atomic E-state index is -1.20. The number of ether oxygens (including phenoxy) is 1. The molecule has 0 aliphatic rings. The third-order valence-electron chi connectivity index (χ3n) is 3.98. The van der Waals surface area contributed by atoms with E-state index >= 15 is 0 Å². The monoisotopic (exact) mass is 388 g/mol. The Morgan fingerprint density at radius 2 is 2.00 bits per heavy atom. The fraction of sp³-hybridized carbons (Fsp3) is 0.400. The second-order valence-electron chi connectivity index (χ2n) is 6.36. The average molecular weight is 388 g/mol. The number of nitrogens with one attached hydrogen (secondary N) is 3. The molecule has 0 saturated heterocycles. The van der Waals surface area contributed by atoms with E-state index in [4.69, 9.17) is 9.15 Å². The normalized spacial score (nSPS) is 13.5. The van der Waals surface area contributed by atoms with Gasteiger partial charge in [0.2, 0.25) is 0 Å². The van der Waals surface area contributed by atoms with Crippen molar-refractivity contribution >= 4 is 11.9 Å². The second kappa shape index (κ2) is 10.4. The first-order valence-electron chi connectivity index (χ1n) is 9.17. The zero-order chi connectivity index (χ0) is 20.4. The SMILES string of the molecule is CCNC(=NCC(C)(O)c1ccco1)NCCNC(=O)c1cccc(OC)c1. The van der Waals surface area contributed by atoms with Crippen molar-refractivity contribution in [2.45, 2.75) is 19.4 Å². The summed E-state index contributed by atoms with van der Waals surface area (Å²) in [6, 6.07) is 10.4. The number of aliphatic hydroxyl groups is 1. The minimum absolute atomic E-state index is 0.131. The third kappa shape index (κ3) is 6.31. The molecule has 0 aliphatic heterocycles. The number of carbonyl (C=O) groups is 1. The maximum absolute atomic E-state index is 12.2. The molecule has 1 atom stereocenters. The van der Waals surface area contributed by atoms with Gasteiger partial charge in [-0.2, -0.15) is 0 Å². The predicted octanol–water partition coefficient (Wildman–Crippen LogP) is 1.48. The molecule has 0 aliphatic carbocycles. The topological polar surface area (TPSA) is 108 Å². The molecule has 1 amide bonds. The summed E-state index contributed by atoms with van der Waals surface area (Å²) < 4.78 is 10.4. The highest BCUT2D eigenvalue weighted by atomic mass is 16.5. The van der Waals surface area contributed by atoms with Crippen LogP contribution in [0.25, 0.3) is 0 Å². The van der Waals surface area contributed by atoms with Crippen LogP contribution in [0.2, 0.25) is 0 Å². The average Bonchev–Trinajstić information content (AvgIpc) is 3.25. The first-order chi connectivity index (χ1) is 13.5. The maximum atomic E-state index is 12.2. The Kier molecular flexibility index (Phi) is 7.88. The summed E-state index contributed by atoms with van der Waals surface area (Å²) in [6.07, 6.45) is 1.52. The quantitative estimate of drug-likeness (QED) is 0.294. The molecule has 0 spiro atoms. The zero-order valence-electron chi connectivity index (χ0n) is 16.5. The van der Waals surface area contributed by atoms with Crippen molar-refractivity contribution in [2.24, 2.45) is 4.99 Å². The Balaban J connectivity index is 1.83. The molecule has 4 N–H and O–H groups in total. The molecule has 0 radical (unpaired) electrons. The molecule has 8 nitrogen and oxygen atoms in total. The van der Waals surface area contributed by atoms with Crippen molar-refractivity contribution in [3.05, 3.63) is 54.0 Å².